The van der Waals surface area contributed by atoms with E-state index in [-0.39, 0.29) is 18.5 Å². The first-order valence-electron chi connectivity index (χ1n) is 10.3. The Morgan fingerprint density at radius 2 is 1.72 bits per heavy atom. The van der Waals surface area contributed by atoms with Gasteiger partial charge in [0.05, 0.1) is 11.9 Å². The molecule has 0 aromatic heterocycles. The molecular weight excluding hydrogens is 450 g/mol. The van der Waals surface area contributed by atoms with E-state index in [1.807, 2.05) is 26.8 Å². The van der Waals surface area contributed by atoms with Crippen LogP contribution < -0.4 is 9.62 Å². The number of sulfonamides is 1. The predicted octanol–water partition coefficient (Wildman–Crippen LogP) is 3.36. The molecule has 2 rings (SSSR count). The molecule has 2 amide bonds. The number of anilines is 1. The van der Waals surface area contributed by atoms with Gasteiger partial charge in [0, 0.05) is 17.6 Å². The number of amides is 2. The van der Waals surface area contributed by atoms with Gasteiger partial charge >= 0.3 is 0 Å². The molecule has 0 radical (unpaired) electrons. The molecule has 9 heteroatoms. The van der Waals surface area contributed by atoms with E-state index >= 15 is 0 Å². The van der Waals surface area contributed by atoms with E-state index in [9.17, 15) is 18.0 Å². The summed E-state index contributed by atoms with van der Waals surface area (Å²) >= 11 is 6.09. The fraction of sp³-hybridized carbons (Fsp3) is 0.391. The molecule has 1 N–H and O–H groups in total. The lowest BCUT2D eigenvalue weighted by atomic mass is 10.1. The number of hydrogen-bond acceptors (Lipinski definition) is 4. The smallest absolute Gasteiger partial charge is 0.244 e. The minimum Gasteiger partial charge on any atom is -0.352 e. The van der Waals surface area contributed by atoms with E-state index in [4.69, 9.17) is 11.6 Å². The number of carbonyl (C=O) groups is 2. The number of nitrogens with zero attached hydrogens (tertiary/aromatic N) is 2. The number of carbonyl (C=O) groups excluding carboxylic acids is 2. The van der Waals surface area contributed by atoms with Gasteiger partial charge in [0.2, 0.25) is 21.8 Å². The van der Waals surface area contributed by atoms with Crippen LogP contribution in [0.2, 0.25) is 5.02 Å². The van der Waals surface area contributed by atoms with Gasteiger partial charge in [-0.1, -0.05) is 35.9 Å². The van der Waals surface area contributed by atoms with Crippen molar-refractivity contribution in [3.05, 3.63) is 64.7 Å². The van der Waals surface area contributed by atoms with Crippen LogP contribution in [0.4, 0.5) is 5.69 Å². The Kier molecular flexibility index (Phi) is 8.69. The molecule has 0 aliphatic rings. The molecule has 0 heterocycles. The van der Waals surface area contributed by atoms with Crippen LogP contribution >= 0.6 is 11.6 Å². The molecule has 0 bridgehead atoms. The number of aryl methyl sites for hydroxylation is 1. The Balaban J connectivity index is 2.39. The molecule has 174 valence electrons. The maximum absolute atomic E-state index is 13.4. The van der Waals surface area contributed by atoms with Gasteiger partial charge in [-0.15, -0.1) is 0 Å². The molecule has 32 heavy (non-hydrogen) atoms. The molecule has 0 aliphatic heterocycles. The summed E-state index contributed by atoms with van der Waals surface area (Å²) in [4.78, 5) is 27.4. The fourth-order valence-corrected chi connectivity index (χ4v) is 4.27. The zero-order valence-corrected chi connectivity index (χ0v) is 20.6. The zero-order chi connectivity index (χ0) is 24.1. The van der Waals surface area contributed by atoms with Crippen LogP contribution in [0, 0.1) is 6.92 Å². The Labute approximate surface area is 195 Å². The van der Waals surface area contributed by atoms with Gasteiger partial charge in [-0.05, 0) is 63.1 Å². The number of hydrogen-bond donors (Lipinski definition) is 1. The van der Waals surface area contributed by atoms with E-state index in [0.29, 0.717) is 10.7 Å². The maximum atomic E-state index is 13.4. The van der Waals surface area contributed by atoms with Gasteiger partial charge in [0.25, 0.3) is 0 Å². The van der Waals surface area contributed by atoms with Crippen LogP contribution in [-0.4, -0.2) is 50.0 Å². The average molecular weight is 480 g/mol. The summed E-state index contributed by atoms with van der Waals surface area (Å²) in [7, 11) is -3.74. The molecule has 0 fully saturated rings. The highest BCUT2D eigenvalue weighted by atomic mass is 35.5. The van der Waals surface area contributed by atoms with Crippen LogP contribution in [0.25, 0.3) is 0 Å². The summed E-state index contributed by atoms with van der Waals surface area (Å²) in [5, 5.41) is 3.31. The minimum atomic E-state index is -3.74. The molecule has 0 aliphatic carbocycles. The number of benzene rings is 2. The molecule has 0 saturated heterocycles. The second-order valence-electron chi connectivity index (χ2n) is 8.10. The first kappa shape index (κ1) is 25.7. The van der Waals surface area contributed by atoms with Gasteiger partial charge in [-0.25, -0.2) is 8.42 Å². The molecule has 2 aromatic rings. The first-order chi connectivity index (χ1) is 14.9. The molecule has 2 aromatic carbocycles. The highest BCUT2D eigenvalue weighted by molar-refractivity contribution is 7.92. The summed E-state index contributed by atoms with van der Waals surface area (Å²) in [6.07, 6.45) is 1.05. The normalized spacial score (nSPS) is 12.3. The zero-order valence-electron chi connectivity index (χ0n) is 19.0. The predicted molar refractivity (Wildman–Crippen MR) is 128 cm³/mol. The van der Waals surface area contributed by atoms with Crippen molar-refractivity contribution >= 4 is 39.1 Å². The van der Waals surface area contributed by atoms with Crippen molar-refractivity contribution in [3.8, 4) is 0 Å². The summed E-state index contributed by atoms with van der Waals surface area (Å²) < 4.78 is 26.1. The number of halogens is 1. The van der Waals surface area contributed by atoms with E-state index in [1.165, 1.54) is 4.90 Å². The minimum absolute atomic E-state index is 0.104. The van der Waals surface area contributed by atoms with Crippen molar-refractivity contribution < 1.29 is 18.0 Å². The van der Waals surface area contributed by atoms with Crippen molar-refractivity contribution in [1.29, 1.82) is 0 Å². The van der Waals surface area contributed by atoms with Crippen molar-refractivity contribution in [2.45, 2.75) is 46.3 Å². The Hall–Kier alpha value is -2.58. The average Bonchev–Trinajstić information content (AvgIpc) is 2.68. The Bertz CT molecular complexity index is 1070. The first-order valence-corrected chi connectivity index (χ1v) is 12.5. The third kappa shape index (κ3) is 7.24. The molecule has 0 saturated carbocycles. The summed E-state index contributed by atoms with van der Waals surface area (Å²) in [6.45, 7) is 6.81. The van der Waals surface area contributed by atoms with Gasteiger partial charge in [0.1, 0.15) is 12.6 Å². The van der Waals surface area contributed by atoms with Crippen LogP contribution in [0.15, 0.2) is 48.5 Å². The second-order valence-corrected chi connectivity index (χ2v) is 10.4. The summed E-state index contributed by atoms with van der Waals surface area (Å²) in [5.41, 5.74) is 1.99. The lowest BCUT2D eigenvalue weighted by molar-refractivity contribution is -0.139. The third-order valence-electron chi connectivity index (χ3n) is 4.81. The van der Waals surface area contributed by atoms with Crippen LogP contribution in [-0.2, 0) is 26.2 Å². The summed E-state index contributed by atoms with van der Waals surface area (Å²) in [6, 6.07) is 13.0. The maximum Gasteiger partial charge on any atom is 0.244 e. The van der Waals surface area contributed by atoms with Gasteiger partial charge in [-0.3, -0.25) is 13.9 Å². The van der Waals surface area contributed by atoms with Crippen molar-refractivity contribution in [3.63, 3.8) is 0 Å². The highest BCUT2D eigenvalue weighted by Gasteiger charge is 2.30. The van der Waals surface area contributed by atoms with Gasteiger partial charge in [-0.2, -0.15) is 0 Å². The third-order valence-corrected chi connectivity index (χ3v) is 6.18. The highest BCUT2D eigenvalue weighted by Crippen LogP contribution is 2.21. The quantitative estimate of drug-likeness (QED) is 0.597. The van der Waals surface area contributed by atoms with E-state index in [0.717, 1.165) is 21.7 Å². The van der Waals surface area contributed by atoms with Crippen molar-refractivity contribution in [1.82, 2.24) is 10.2 Å². The topological polar surface area (TPSA) is 86.8 Å². The fourth-order valence-electron chi connectivity index (χ4n) is 3.22. The van der Waals surface area contributed by atoms with E-state index in [1.54, 1.807) is 49.4 Å². The van der Waals surface area contributed by atoms with Crippen molar-refractivity contribution in [2.24, 2.45) is 0 Å². The molecule has 1 atom stereocenters. The molecule has 1 unspecified atom stereocenters. The van der Waals surface area contributed by atoms with Crippen LogP contribution in [0.5, 0.6) is 0 Å². The van der Waals surface area contributed by atoms with E-state index in [2.05, 4.69) is 5.32 Å². The SMILES string of the molecule is Cc1cccc(N(CC(=O)N(Cc2cccc(Cl)c2)C(C)C(=O)NC(C)C)S(C)(=O)=O)c1. The van der Waals surface area contributed by atoms with Gasteiger partial charge < -0.3 is 10.2 Å². The second kappa shape index (κ2) is 10.8. The van der Waals surface area contributed by atoms with Crippen molar-refractivity contribution in [2.75, 3.05) is 17.1 Å². The molecule has 7 nitrogen and oxygen atoms in total. The van der Waals surface area contributed by atoms with E-state index < -0.39 is 28.5 Å². The standard InChI is InChI=1S/C23H30ClN3O4S/c1-16(2)25-23(29)18(4)26(14-19-9-7-10-20(24)13-19)22(28)15-27(32(5,30)31)21-11-6-8-17(3)12-21/h6-13,16,18H,14-15H2,1-5H3,(H,25,29). The lowest BCUT2D eigenvalue weighted by Gasteiger charge is -2.32. The number of nitrogens with one attached hydrogen (secondary N) is 1. The van der Waals surface area contributed by atoms with Gasteiger partial charge in [0.15, 0.2) is 0 Å². The number of rotatable bonds is 9. The largest absolute Gasteiger partial charge is 0.352 e. The monoisotopic (exact) mass is 479 g/mol. The Morgan fingerprint density at radius 3 is 2.28 bits per heavy atom. The molecular formula is C23H30ClN3O4S. The molecule has 0 spiro atoms. The summed E-state index contributed by atoms with van der Waals surface area (Å²) in [5.74, 6) is -0.819. The van der Waals surface area contributed by atoms with Crippen LogP contribution in [0.3, 0.4) is 0 Å². The van der Waals surface area contributed by atoms with Crippen LogP contribution in [0.1, 0.15) is 31.9 Å². The lowest BCUT2D eigenvalue weighted by Crippen LogP contribution is -2.52. The Morgan fingerprint density at radius 1 is 1.06 bits per heavy atom.